The number of nitrogens with one attached hydrogen (secondary N) is 1. The van der Waals surface area contributed by atoms with E-state index in [9.17, 15) is 4.79 Å². The van der Waals surface area contributed by atoms with Gasteiger partial charge in [-0.15, -0.1) is 17.9 Å². The number of thiophene rings is 1. The summed E-state index contributed by atoms with van der Waals surface area (Å²) in [5.41, 5.74) is 0.238. The van der Waals surface area contributed by atoms with Crippen LogP contribution in [0.3, 0.4) is 0 Å². The van der Waals surface area contributed by atoms with E-state index >= 15 is 0 Å². The molecule has 6 heteroatoms. The summed E-state index contributed by atoms with van der Waals surface area (Å²) in [5, 5.41) is 7.45. The average Bonchev–Trinajstić information content (AvgIpc) is 2.85. The molecule has 0 radical (unpaired) electrons. The van der Waals surface area contributed by atoms with Crippen molar-refractivity contribution < 1.29 is 0 Å². The summed E-state index contributed by atoms with van der Waals surface area (Å²) in [4.78, 5) is 14.4. The SMILES string of the molecule is C=CCn1ncc(NC(C)c2ccc(C)s2)c(Cl)c1=O. The molecule has 0 saturated heterocycles. The predicted molar refractivity (Wildman–Crippen MR) is 84.8 cm³/mol. The van der Waals surface area contributed by atoms with Crippen molar-refractivity contribution in [1.82, 2.24) is 9.78 Å². The third-order valence-corrected chi connectivity index (χ3v) is 4.40. The summed E-state index contributed by atoms with van der Waals surface area (Å²) in [7, 11) is 0. The van der Waals surface area contributed by atoms with E-state index in [1.165, 1.54) is 14.4 Å². The van der Waals surface area contributed by atoms with E-state index in [2.05, 4.69) is 36.1 Å². The smallest absolute Gasteiger partial charge is 0.287 e. The van der Waals surface area contributed by atoms with Crippen LogP contribution in [-0.2, 0) is 6.54 Å². The standard InChI is InChI=1S/C14H16ClN3OS/c1-4-7-18-14(19)13(15)11(8-16-18)17-10(3)12-6-5-9(2)20-12/h4-6,8,10,17H,1,7H2,2-3H3. The quantitative estimate of drug-likeness (QED) is 0.858. The Morgan fingerprint density at radius 1 is 1.60 bits per heavy atom. The molecule has 1 atom stereocenters. The normalized spacial score (nSPS) is 12.2. The summed E-state index contributed by atoms with van der Waals surface area (Å²) in [5.74, 6) is 0. The van der Waals surface area contributed by atoms with Gasteiger partial charge in [-0.05, 0) is 26.0 Å². The topological polar surface area (TPSA) is 46.9 Å². The van der Waals surface area contributed by atoms with Crippen LogP contribution in [-0.4, -0.2) is 9.78 Å². The summed E-state index contributed by atoms with van der Waals surface area (Å²) in [6.07, 6.45) is 3.18. The van der Waals surface area contributed by atoms with Gasteiger partial charge in [-0.25, -0.2) is 4.68 Å². The molecule has 0 bridgehead atoms. The number of aromatic nitrogens is 2. The first-order chi connectivity index (χ1) is 9.52. The lowest BCUT2D eigenvalue weighted by molar-refractivity contribution is 0.652. The van der Waals surface area contributed by atoms with Gasteiger partial charge in [-0.2, -0.15) is 5.10 Å². The summed E-state index contributed by atoms with van der Waals surface area (Å²) in [6, 6.07) is 4.21. The van der Waals surface area contributed by atoms with Crippen molar-refractivity contribution >= 4 is 28.6 Å². The second-order valence-electron chi connectivity index (χ2n) is 4.46. The van der Waals surface area contributed by atoms with Crippen molar-refractivity contribution in [3.8, 4) is 0 Å². The highest BCUT2D eigenvalue weighted by Crippen LogP contribution is 2.27. The first kappa shape index (κ1) is 14.8. The van der Waals surface area contributed by atoms with E-state index in [-0.39, 0.29) is 16.6 Å². The molecule has 0 aliphatic heterocycles. The number of allylic oxidation sites excluding steroid dienone is 1. The molecular weight excluding hydrogens is 294 g/mol. The van der Waals surface area contributed by atoms with Crippen molar-refractivity contribution in [2.24, 2.45) is 0 Å². The zero-order valence-corrected chi connectivity index (χ0v) is 13.0. The van der Waals surface area contributed by atoms with Gasteiger partial charge in [-0.3, -0.25) is 4.79 Å². The highest BCUT2D eigenvalue weighted by molar-refractivity contribution is 7.12. The van der Waals surface area contributed by atoms with E-state index in [1.54, 1.807) is 23.6 Å². The van der Waals surface area contributed by atoms with Crippen molar-refractivity contribution in [2.75, 3.05) is 5.32 Å². The van der Waals surface area contributed by atoms with Gasteiger partial charge in [0, 0.05) is 9.75 Å². The number of anilines is 1. The Hall–Kier alpha value is -1.59. The van der Waals surface area contributed by atoms with Gasteiger partial charge >= 0.3 is 0 Å². The minimum atomic E-state index is -0.314. The molecule has 20 heavy (non-hydrogen) atoms. The summed E-state index contributed by atoms with van der Waals surface area (Å²) >= 11 is 7.82. The van der Waals surface area contributed by atoms with E-state index in [0.29, 0.717) is 12.2 Å². The summed E-state index contributed by atoms with van der Waals surface area (Å²) < 4.78 is 1.28. The maximum absolute atomic E-state index is 12.0. The fourth-order valence-electron chi connectivity index (χ4n) is 1.81. The van der Waals surface area contributed by atoms with Crippen molar-refractivity contribution in [1.29, 1.82) is 0 Å². The van der Waals surface area contributed by atoms with Gasteiger partial charge in [0.15, 0.2) is 0 Å². The van der Waals surface area contributed by atoms with Crippen molar-refractivity contribution in [2.45, 2.75) is 26.4 Å². The third kappa shape index (κ3) is 3.11. The number of rotatable bonds is 5. The molecule has 1 N–H and O–H groups in total. The second-order valence-corrected chi connectivity index (χ2v) is 6.16. The number of halogens is 1. The van der Waals surface area contributed by atoms with E-state index in [0.717, 1.165) is 0 Å². The molecule has 1 unspecified atom stereocenters. The van der Waals surface area contributed by atoms with Gasteiger partial charge in [0.05, 0.1) is 24.5 Å². The molecule has 0 amide bonds. The molecule has 106 valence electrons. The molecule has 0 spiro atoms. The van der Waals surface area contributed by atoms with Crippen LogP contribution in [0, 0.1) is 6.92 Å². The first-order valence-electron chi connectivity index (χ1n) is 6.22. The van der Waals surface area contributed by atoms with Crippen molar-refractivity contribution in [3.05, 3.63) is 56.1 Å². The number of hydrogen-bond donors (Lipinski definition) is 1. The van der Waals surface area contributed by atoms with Crippen LogP contribution in [0.4, 0.5) is 5.69 Å². The first-order valence-corrected chi connectivity index (χ1v) is 7.41. The van der Waals surface area contributed by atoms with Crippen LogP contribution >= 0.6 is 22.9 Å². The average molecular weight is 310 g/mol. The predicted octanol–water partition coefficient (Wildman–Crippen LogP) is 3.63. The molecule has 4 nitrogen and oxygen atoms in total. The molecule has 0 aliphatic rings. The van der Waals surface area contributed by atoms with Crippen LogP contribution in [0.15, 0.2) is 35.8 Å². The Balaban J connectivity index is 2.24. The lowest BCUT2D eigenvalue weighted by Gasteiger charge is -2.15. The minimum Gasteiger partial charge on any atom is -0.375 e. The van der Waals surface area contributed by atoms with Gasteiger partial charge < -0.3 is 5.32 Å². The molecular formula is C14H16ClN3OS. The second kappa shape index (κ2) is 6.24. The number of aryl methyl sites for hydroxylation is 1. The lowest BCUT2D eigenvalue weighted by atomic mass is 10.2. The molecule has 0 aliphatic carbocycles. The van der Waals surface area contributed by atoms with Crippen LogP contribution in [0.1, 0.15) is 22.7 Å². The molecule has 0 fully saturated rings. The number of hydrogen-bond acceptors (Lipinski definition) is 4. The van der Waals surface area contributed by atoms with Crippen LogP contribution in [0.25, 0.3) is 0 Å². The molecule has 2 rings (SSSR count). The third-order valence-electron chi connectivity index (χ3n) is 2.85. The van der Waals surface area contributed by atoms with Crippen LogP contribution < -0.4 is 10.9 Å². The van der Waals surface area contributed by atoms with Gasteiger partial charge in [0.25, 0.3) is 5.56 Å². The maximum Gasteiger partial charge on any atom is 0.287 e. The fourth-order valence-corrected chi connectivity index (χ4v) is 2.89. The monoisotopic (exact) mass is 309 g/mol. The van der Waals surface area contributed by atoms with E-state index in [1.807, 2.05) is 6.92 Å². The lowest BCUT2D eigenvalue weighted by Crippen LogP contribution is -2.24. The minimum absolute atomic E-state index is 0.0719. The Labute approximate surface area is 126 Å². The van der Waals surface area contributed by atoms with Crippen LogP contribution in [0.2, 0.25) is 5.02 Å². The molecule has 2 aromatic rings. The molecule has 0 saturated carbocycles. The van der Waals surface area contributed by atoms with Gasteiger partial charge in [-0.1, -0.05) is 17.7 Å². The van der Waals surface area contributed by atoms with E-state index in [4.69, 9.17) is 11.6 Å². The fraction of sp³-hybridized carbons (Fsp3) is 0.286. The zero-order chi connectivity index (χ0) is 14.7. The molecule has 2 aromatic heterocycles. The highest BCUT2D eigenvalue weighted by Gasteiger charge is 2.13. The molecule has 2 heterocycles. The van der Waals surface area contributed by atoms with Gasteiger partial charge in [0.2, 0.25) is 0 Å². The Morgan fingerprint density at radius 2 is 2.35 bits per heavy atom. The summed E-state index contributed by atoms with van der Waals surface area (Å²) in [6.45, 7) is 8.01. The highest BCUT2D eigenvalue weighted by atomic mass is 35.5. The van der Waals surface area contributed by atoms with Crippen LogP contribution in [0.5, 0.6) is 0 Å². The Kier molecular flexibility index (Phi) is 4.62. The Bertz CT molecular complexity index is 677. The van der Waals surface area contributed by atoms with Crippen molar-refractivity contribution in [3.63, 3.8) is 0 Å². The maximum atomic E-state index is 12.0. The molecule has 0 aromatic carbocycles. The Morgan fingerprint density at radius 3 is 2.95 bits per heavy atom. The number of nitrogens with zero attached hydrogens (tertiary/aromatic N) is 2. The largest absolute Gasteiger partial charge is 0.375 e. The van der Waals surface area contributed by atoms with E-state index < -0.39 is 0 Å². The van der Waals surface area contributed by atoms with Gasteiger partial charge in [0.1, 0.15) is 5.02 Å². The zero-order valence-electron chi connectivity index (χ0n) is 11.4.